The van der Waals surface area contributed by atoms with Gasteiger partial charge in [0.2, 0.25) is 0 Å². The van der Waals surface area contributed by atoms with Gasteiger partial charge in [-0.05, 0) is 62.8 Å². The van der Waals surface area contributed by atoms with Crippen molar-refractivity contribution < 1.29 is 0 Å². The summed E-state index contributed by atoms with van der Waals surface area (Å²) in [5.74, 6) is 1.41. The molecule has 0 aromatic heterocycles. The average Bonchev–Trinajstić information content (AvgIpc) is 2.31. The fraction of sp³-hybridized carbons (Fsp3) is 0.625. The summed E-state index contributed by atoms with van der Waals surface area (Å²) in [5, 5.41) is 3.54. The number of aryl methyl sites for hydroxylation is 3. The Hall–Kier alpha value is -0.530. The molecule has 1 unspecified atom stereocenters. The van der Waals surface area contributed by atoms with Crippen LogP contribution < -0.4 is 5.32 Å². The van der Waals surface area contributed by atoms with Crippen LogP contribution in [-0.4, -0.2) is 12.4 Å². The summed E-state index contributed by atoms with van der Waals surface area (Å²) < 4.78 is 0. The number of benzene rings is 1. The Bertz CT molecular complexity index is 350. The van der Waals surface area contributed by atoms with E-state index >= 15 is 0 Å². The molecule has 0 aliphatic carbocycles. The third-order valence-corrected chi connectivity index (χ3v) is 3.98. The van der Waals surface area contributed by atoms with Crippen LogP contribution in [0.4, 0.5) is 0 Å². The van der Waals surface area contributed by atoms with E-state index in [1.165, 1.54) is 35.1 Å². The van der Waals surface area contributed by atoms with Gasteiger partial charge in [0.1, 0.15) is 0 Å². The highest BCUT2D eigenvalue weighted by molar-refractivity contribution is 6.18. The lowest BCUT2D eigenvalue weighted by molar-refractivity contribution is 0.531. The zero-order valence-corrected chi connectivity index (χ0v) is 12.9. The van der Waals surface area contributed by atoms with Gasteiger partial charge in [-0.15, -0.1) is 11.6 Å². The van der Waals surface area contributed by atoms with E-state index in [-0.39, 0.29) is 0 Å². The van der Waals surface area contributed by atoms with Crippen LogP contribution in [0.1, 0.15) is 42.0 Å². The second kappa shape index (κ2) is 7.81. The average molecular weight is 268 g/mol. The van der Waals surface area contributed by atoms with Gasteiger partial charge < -0.3 is 5.32 Å². The molecular formula is C16H26ClN. The number of hydrogen-bond acceptors (Lipinski definition) is 1. The molecule has 2 heteroatoms. The molecule has 0 radical (unpaired) electrons. The van der Waals surface area contributed by atoms with Gasteiger partial charge in [0.05, 0.1) is 0 Å². The summed E-state index contributed by atoms with van der Waals surface area (Å²) in [4.78, 5) is 0. The van der Waals surface area contributed by atoms with Gasteiger partial charge in [0.15, 0.2) is 0 Å². The molecule has 1 atom stereocenters. The number of hydrogen-bond donors (Lipinski definition) is 1. The molecule has 1 aromatic rings. The van der Waals surface area contributed by atoms with Crippen LogP contribution in [0, 0.1) is 26.7 Å². The zero-order chi connectivity index (χ0) is 13.5. The third-order valence-electron chi connectivity index (χ3n) is 3.46. The van der Waals surface area contributed by atoms with Crippen molar-refractivity contribution in [1.82, 2.24) is 5.32 Å². The van der Waals surface area contributed by atoms with E-state index in [1.54, 1.807) is 0 Å². The van der Waals surface area contributed by atoms with E-state index in [9.17, 15) is 0 Å². The summed E-state index contributed by atoms with van der Waals surface area (Å²) in [7, 11) is 0. The van der Waals surface area contributed by atoms with Gasteiger partial charge in [-0.1, -0.05) is 24.6 Å². The van der Waals surface area contributed by atoms with Crippen molar-refractivity contribution in [1.29, 1.82) is 0 Å². The van der Waals surface area contributed by atoms with Crippen molar-refractivity contribution in [2.24, 2.45) is 5.92 Å². The molecule has 1 rings (SSSR count). The first-order chi connectivity index (χ1) is 8.54. The lowest BCUT2D eigenvalue weighted by Gasteiger charge is -2.13. The smallest absolute Gasteiger partial charge is 0.0249 e. The largest absolute Gasteiger partial charge is 0.313 e. The molecule has 102 valence electrons. The third kappa shape index (κ3) is 4.99. The van der Waals surface area contributed by atoms with Crippen LogP contribution >= 0.6 is 11.6 Å². The maximum atomic E-state index is 5.80. The van der Waals surface area contributed by atoms with Crippen LogP contribution in [0.5, 0.6) is 0 Å². The Balaban J connectivity index is 2.36. The minimum absolute atomic E-state index is 0.635. The molecule has 0 bridgehead atoms. The molecule has 0 heterocycles. The van der Waals surface area contributed by atoms with Gasteiger partial charge in [-0.25, -0.2) is 0 Å². The number of alkyl halides is 1. The standard InChI is InChI=1S/C16H26ClN/c1-12(10-17)6-5-7-18-11-16-14(3)8-13(2)9-15(16)4/h8-9,12,18H,5-7,10-11H2,1-4H3. The van der Waals surface area contributed by atoms with Crippen molar-refractivity contribution in [3.63, 3.8) is 0 Å². The Morgan fingerprint density at radius 2 is 1.78 bits per heavy atom. The second-order valence-electron chi connectivity index (χ2n) is 5.46. The molecular weight excluding hydrogens is 242 g/mol. The first kappa shape index (κ1) is 15.5. The van der Waals surface area contributed by atoms with Gasteiger partial charge in [-0.2, -0.15) is 0 Å². The van der Waals surface area contributed by atoms with E-state index in [4.69, 9.17) is 11.6 Å². The maximum absolute atomic E-state index is 5.80. The Labute approximate surface area is 117 Å². The van der Waals surface area contributed by atoms with E-state index in [1.807, 2.05) is 0 Å². The first-order valence-corrected chi connectivity index (χ1v) is 7.41. The highest BCUT2D eigenvalue weighted by Crippen LogP contribution is 2.16. The molecule has 0 saturated carbocycles. The number of nitrogens with one attached hydrogen (secondary N) is 1. The summed E-state index contributed by atoms with van der Waals surface area (Å²) in [6, 6.07) is 4.53. The quantitative estimate of drug-likeness (QED) is 0.572. The fourth-order valence-corrected chi connectivity index (χ4v) is 2.51. The molecule has 1 nitrogen and oxygen atoms in total. The molecule has 0 fully saturated rings. The number of rotatable bonds is 7. The van der Waals surface area contributed by atoms with Gasteiger partial charge in [0, 0.05) is 12.4 Å². The topological polar surface area (TPSA) is 12.0 Å². The Morgan fingerprint density at radius 1 is 1.17 bits per heavy atom. The van der Waals surface area contributed by atoms with Crippen molar-refractivity contribution in [2.75, 3.05) is 12.4 Å². The normalized spacial score (nSPS) is 12.7. The van der Waals surface area contributed by atoms with Crippen LogP contribution in [0.15, 0.2) is 12.1 Å². The Morgan fingerprint density at radius 3 is 2.33 bits per heavy atom. The summed E-state index contributed by atoms with van der Waals surface area (Å²) in [5.41, 5.74) is 5.60. The van der Waals surface area contributed by atoms with Crippen LogP contribution in [0.25, 0.3) is 0 Å². The second-order valence-corrected chi connectivity index (χ2v) is 5.76. The van der Waals surface area contributed by atoms with E-state index in [0.717, 1.165) is 19.0 Å². The van der Waals surface area contributed by atoms with Crippen LogP contribution in [0.3, 0.4) is 0 Å². The molecule has 0 saturated heterocycles. The first-order valence-electron chi connectivity index (χ1n) is 6.88. The molecule has 18 heavy (non-hydrogen) atoms. The minimum atomic E-state index is 0.635. The summed E-state index contributed by atoms with van der Waals surface area (Å²) in [6.07, 6.45) is 2.42. The predicted molar refractivity (Wildman–Crippen MR) is 81.5 cm³/mol. The summed E-state index contributed by atoms with van der Waals surface area (Å²) in [6.45, 7) is 10.8. The van der Waals surface area contributed by atoms with Crippen molar-refractivity contribution in [3.8, 4) is 0 Å². The lowest BCUT2D eigenvalue weighted by atomic mass is 10.00. The fourth-order valence-electron chi connectivity index (χ4n) is 2.35. The minimum Gasteiger partial charge on any atom is -0.313 e. The van der Waals surface area contributed by atoms with Crippen molar-refractivity contribution >= 4 is 11.6 Å². The molecule has 0 amide bonds. The molecule has 0 spiro atoms. The predicted octanol–water partition coefficient (Wildman–Crippen LogP) is 4.36. The van der Waals surface area contributed by atoms with Gasteiger partial charge >= 0.3 is 0 Å². The van der Waals surface area contributed by atoms with Gasteiger partial charge in [-0.3, -0.25) is 0 Å². The lowest BCUT2D eigenvalue weighted by Crippen LogP contribution is -2.17. The van der Waals surface area contributed by atoms with Crippen LogP contribution in [0.2, 0.25) is 0 Å². The van der Waals surface area contributed by atoms with Gasteiger partial charge in [0.25, 0.3) is 0 Å². The number of halogens is 1. The monoisotopic (exact) mass is 267 g/mol. The maximum Gasteiger partial charge on any atom is 0.0249 e. The van der Waals surface area contributed by atoms with E-state index in [2.05, 4.69) is 45.1 Å². The molecule has 1 aromatic carbocycles. The molecule has 1 N–H and O–H groups in total. The Kier molecular flexibility index (Phi) is 6.73. The van der Waals surface area contributed by atoms with Crippen molar-refractivity contribution in [3.05, 3.63) is 34.4 Å². The molecule has 0 aliphatic rings. The SMILES string of the molecule is Cc1cc(C)c(CNCCCC(C)CCl)c(C)c1. The highest BCUT2D eigenvalue weighted by atomic mass is 35.5. The highest BCUT2D eigenvalue weighted by Gasteiger charge is 2.03. The van der Waals surface area contributed by atoms with E-state index < -0.39 is 0 Å². The van der Waals surface area contributed by atoms with Crippen molar-refractivity contribution in [2.45, 2.75) is 47.1 Å². The van der Waals surface area contributed by atoms with Crippen LogP contribution in [-0.2, 0) is 6.54 Å². The van der Waals surface area contributed by atoms with E-state index in [0.29, 0.717) is 5.92 Å². The zero-order valence-electron chi connectivity index (χ0n) is 12.1. The summed E-state index contributed by atoms with van der Waals surface area (Å²) >= 11 is 5.80. The molecule has 0 aliphatic heterocycles.